The number of hydrogen-bond acceptors (Lipinski definition) is 5. The van der Waals surface area contributed by atoms with Crippen LogP contribution < -0.4 is 5.73 Å². The lowest BCUT2D eigenvalue weighted by molar-refractivity contribution is 0.437. The summed E-state index contributed by atoms with van der Waals surface area (Å²) in [6, 6.07) is 0. The summed E-state index contributed by atoms with van der Waals surface area (Å²) in [6.45, 7) is 1.03. The second-order valence-electron chi connectivity index (χ2n) is 2.95. The molecule has 1 rings (SSSR count). The fourth-order valence-electron chi connectivity index (χ4n) is 0.720. The van der Waals surface area contributed by atoms with E-state index in [-0.39, 0.29) is 0 Å². The largest absolute Gasteiger partial charge is 0.396 e. The SMILES string of the molecule is CN(C)CCSc1ncc(N)cn1. The van der Waals surface area contributed by atoms with E-state index in [2.05, 4.69) is 14.9 Å². The molecule has 13 heavy (non-hydrogen) atoms. The van der Waals surface area contributed by atoms with Crippen LogP contribution >= 0.6 is 11.8 Å². The Labute approximate surface area is 82.6 Å². The molecule has 0 radical (unpaired) electrons. The molecule has 2 N–H and O–H groups in total. The van der Waals surface area contributed by atoms with Crippen LogP contribution in [0.15, 0.2) is 17.6 Å². The van der Waals surface area contributed by atoms with Crippen molar-refractivity contribution >= 4 is 17.4 Å². The lowest BCUT2D eigenvalue weighted by Gasteiger charge is -2.07. The van der Waals surface area contributed by atoms with Crippen molar-refractivity contribution in [1.82, 2.24) is 14.9 Å². The normalized spacial score (nSPS) is 10.7. The maximum absolute atomic E-state index is 5.46. The van der Waals surface area contributed by atoms with Gasteiger partial charge in [0.05, 0.1) is 18.1 Å². The first kappa shape index (κ1) is 10.3. The molecule has 1 aromatic heterocycles. The molecule has 0 amide bonds. The van der Waals surface area contributed by atoms with E-state index in [1.165, 1.54) is 0 Å². The smallest absolute Gasteiger partial charge is 0.187 e. The van der Waals surface area contributed by atoms with Crippen molar-refractivity contribution in [2.24, 2.45) is 0 Å². The van der Waals surface area contributed by atoms with Gasteiger partial charge in [0.1, 0.15) is 0 Å². The topological polar surface area (TPSA) is 55.0 Å². The molecule has 0 aliphatic carbocycles. The molecule has 0 bridgehead atoms. The summed E-state index contributed by atoms with van der Waals surface area (Å²) in [5, 5.41) is 0.788. The van der Waals surface area contributed by atoms with E-state index in [0.29, 0.717) is 5.69 Å². The van der Waals surface area contributed by atoms with Crippen molar-refractivity contribution in [3.8, 4) is 0 Å². The van der Waals surface area contributed by atoms with Gasteiger partial charge >= 0.3 is 0 Å². The summed E-state index contributed by atoms with van der Waals surface area (Å²) in [5.74, 6) is 0.997. The molecule has 0 aliphatic heterocycles. The molecule has 4 nitrogen and oxygen atoms in total. The van der Waals surface area contributed by atoms with Crippen molar-refractivity contribution in [3.63, 3.8) is 0 Å². The van der Waals surface area contributed by atoms with Crippen LogP contribution in [0.4, 0.5) is 5.69 Å². The number of anilines is 1. The lowest BCUT2D eigenvalue weighted by atomic mass is 10.6. The molecule has 0 aromatic carbocycles. The number of rotatable bonds is 4. The van der Waals surface area contributed by atoms with Crippen molar-refractivity contribution in [1.29, 1.82) is 0 Å². The molecule has 0 fully saturated rings. The Hall–Kier alpha value is -0.810. The molecular formula is C8H14N4S. The molecule has 0 saturated heterocycles. The quantitative estimate of drug-likeness (QED) is 0.570. The molecule has 1 aromatic rings. The van der Waals surface area contributed by atoms with Gasteiger partial charge in [-0.15, -0.1) is 0 Å². The lowest BCUT2D eigenvalue weighted by Crippen LogP contribution is -2.14. The highest BCUT2D eigenvalue weighted by Crippen LogP contribution is 2.11. The molecule has 72 valence electrons. The summed E-state index contributed by atoms with van der Waals surface area (Å²) in [4.78, 5) is 10.3. The first-order chi connectivity index (χ1) is 6.18. The zero-order valence-electron chi connectivity index (χ0n) is 7.90. The summed E-state index contributed by atoms with van der Waals surface area (Å²) in [6.07, 6.45) is 3.26. The van der Waals surface area contributed by atoms with Crippen molar-refractivity contribution in [2.45, 2.75) is 5.16 Å². The van der Waals surface area contributed by atoms with Gasteiger partial charge in [-0.05, 0) is 14.1 Å². The molecule has 0 aliphatic rings. The van der Waals surface area contributed by atoms with Crippen LogP contribution in [0.5, 0.6) is 0 Å². The fraction of sp³-hybridized carbons (Fsp3) is 0.500. The highest BCUT2D eigenvalue weighted by atomic mass is 32.2. The molecule has 0 unspecified atom stereocenters. The summed E-state index contributed by atoms with van der Waals surface area (Å²) >= 11 is 1.64. The Morgan fingerprint density at radius 2 is 2.00 bits per heavy atom. The second kappa shape index (κ2) is 5.04. The van der Waals surface area contributed by atoms with E-state index in [9.17, 15) is 0 Å². The van der Waals surface area contributed by atoms with Crippen LogP contribution in [0.2, 0.25) is 0 Å². The average Bonchev–Trinajstić information content (AvgIpc) is 2.08. The van der Waals surface area contributed by atoms with Gasteiger partial charge in [-0.25, -0.2) is 9.97 Å². The Balaban J connectivity index is 2.33. The van der Waals surface area contributed by atoms with Gasteiger partial charge in [0.2, 0.25) is 0 Å². The third-order valence-electron chi connectivity index (χ3n) is 1.42. The zero-order valence-corrected chi connectivity index (χ0v) is 8.71. The molecule has 0 saturated carbocycles. The van der Waals surface area contributed by atoms with Crippen LogP contribution in [0, 0.1) is 0 Å². The van der Waals surface area contributed by atoms with Crippen molar-refractivity contribution < 1.29 is 0 Å². The highest BCUT2D eigenvalue weighted by Gasteiger charge is 1.97. The molecule has 1 heterocycles. The van der Waals surface area contributed by atoms with Gasteiger partial charge < -0.3 is 10.6 Å². The predicted molar refractivity (Wildman–Crippen MR) is 55.7 cm³/mol. The maximum atomic E-state index is 5.46. The van der Waals surface area contributed by atoms with Crippen LogP contribution in [-0.2, 0) is 0 Å². The number of hydrogen-bond donors (Lipinski definition) is 1. The minimum absolute atomic E-state index is 0.608. The molecular weight excluding hydrogens is 184 g/mol. The van der Waals surface area contributed by atoms with E-state index in [1.54, 1.807) is 24.2 Å². The van der Waals surface area contributed by atoms with Crippen LogP contribution in [0.1, 0.15) is 0 Å². The third-order valence-corrected chi connectivity index (χ3v) is 2.27. The number of aromatic nitrogens is 2. The second-order valence-corrected chi connectivity index (χ2v) is 4.01. The number of nitrogens with two attached hydrogens (primary N) is 1. The van der Waals surface area contributed by atoms with E-state index in [4.69, 9.17) is 5.73 Å². The zero-order chi connectivity index (χ0) is 9.68. The molecule has 5 heteroatoms. The summed E-state index contributed by atoms with van der Waals surface area (Å²) in [5.41, 5.74) is 6.07. The first-order valence-electron chi connectivity index (χ1n) is 4.03. The van der Waals surface area contributed by atoms with Crippen LogP contribution in [-0.4, -0.2) is 41.3 Å². The van der Waals surface area contributed by atoms with Gasteiger partial charge in [0.15, 0.2) is 5.16 Å². The Morgan fingerprint density at radius 3 is 2.54 bits per heavy atom. The standard InChI is InChI=1S/C8H14N4S/c1-12(2)3-4-13-8-10-5-7(9)6-11-8/h5-6H,3-4,9H2,1-2H3. The number of nitrogen functional groups attached to an aromatic ring is 1. The minimum Gasteiger partial charge on any atom is -0.396 e. The number of nitrogens with zero attached hydrogens (tertiary/aromatic N) is 3. The van der Waals surface area contributed by atoms with Crippen LogP contribution in [0.25, 0.3) is 0 Å². The summed E-state index contributed by atoms with van der Waals surface area (Å²) in [7, 11) is 4.09. The monoisotopic (exact) mass is 198 g/mol. The van der Waals surface area contributed by atoms with Gasteiger partial charge in [0.25, 0.3) is 0 Å². The van der Waals surface area contributed by atoms with E-state index >= 15 is 0 Å². The first-order valence-corrected chi connectivity index (χ1v) is 5.02. The average molecular weight is 198 g/mol. The van der Waals surface area contributed by atoms with E-state index in [0.717, 1.165) is 17.5 Å². The predicted octanol–water partition coefficient (Wildman–Crippen LogP) is 0.713. The Morgan fingerprint density at radius 1 is 1.38 bits per heavy atom. The Bertz CT molecular complexity index is 247. The molecule has 0 atom stereocenters. The van der Waals surface area contributed by atoms with Gasteiger partial charge in [-0.2, -0.15) is 0 Å². The molecule has 0 spiro atoms. The van der Waals surface area contributed by atoms with Gasteiger partial charge in [0, 0.05) is 12.3 Å². The van der Waals surface area contributed by atoms with Gasteiger partial charge in [-0.1, -0.05) is 11.8 Å². The van der Waals surface area contributed by atoms with Crippen LogP contribution in [0.3, 0.4) is 0 Å². The maximum Gasteiger partial charge on any atom is 0.187 e. The third kappa shape index (κ3) is 4.10. The van der Waals surface area contributed by atoms with Gasteiger partial charge in [-0.3, -0.25) is 0 Å². The van der Waals surface area contributed by atoms with Crippen molar-refractivity contribution in [2.75, 3.05) is 32.1 Å². The van der Waals surface area contributed by atoms with Crippen molar-refractivity contribution in [3.05, 3.63) is 12.4 Å². The summed E-state index contributed by atoms with van der Waals surface area (Å²) < 4.78 is 0. The van der Waals surface area contributed by atoms with E-state index < -0.39 is 0 Å². The fourth-order valence-corrected chi connectivity index (χ4v) is 1.61. The Kier molecular flexibility index (Phi) is 3.98. The number of thioether (sulfide) groups is 1. The highest BCUT2D eigenvalue weighted by molar-refractivity contribution is 7.99. The van der Waals surface area contributed by atoms with E-state index in [1.807, 2.05) is 14.1 Å². The minimum atomic E-state index is 0.608.